The van der Waals surface area contributed by atoms with Crippen LogP contribution >= 0.6 is 23.1 Å². The molecule has 0 saturated carbocycles. The fourth-order valence-electron chi connectivity index (χ4n) is 5.46. The Kier molecular flexibility index (Phi) is 8.99. The highest BCUT2D eigenvalue weighted by Gasteiger charge is 2.48. The fourth-order valence-corrected chi connectivity index (χ4v) is 7.29. The zero-order chi connectivity index (χ0) is 30.6. The third kappa shape index (κ3) is 6.23. The molecule has 1 saturated heterocycles. The molecule has 1 aromatic heterocycles. The predicted molar refractivity (Wildman–Crippen MR) is 172 cm³/mol. The van der Waals surface area contributed by atoms with E-state index in [4.69, 9.17) is 9.47 Å². The summed E-state index contributed by atoms with van der Waals surface area (Å²) in [6, 6.07) is 21.8. The second-order valence-corrected chi connectivity index (χ2v) is 13.1. The quantitative estimate of drug-likeness (QED) is 0.0460. The predicted octanol–water partition coefficient (Wildman–Crippen LogP) is 7.35. The molecule has 0 radical (unpaired) electrons. The molecule has 2 aliphatic rings. The highest BCUT2D eigenvalue weighted by atomic mass is 32.2. The lowest BCUT2D eigenvalue weighted by Gasteiger charge is -2.23. The van der Waals surface area contributed by atoms with Gasteiger partial charge in [0.2, 0.25) is 5.13 Å². The van der Waals surface area contributed by atoms with E-state index >= 15 is 0 Å². The summed E-state index contributed by atoms with van der Waals surface area (Å²) in [5, 5.41) is 20.6. The van der Waals surface area contributed by atoms with Gasteiger partial charge in [0.05, 0.1) is 18.2 Å². The number of ketones is 1. The topological polar surface area (TPSA) is 102 Å². The number of unbranched alkanes of at least 4 members (excludes halogenated alkanes) is 2. The number of aliphatic hydroxyl groups is 1. The summed E-state index contributed by atoms with van der Waals surface area (Å²) >= 11 is 2.76. The number of aliphatic hydroxyl groups excluding tert-OH is 1. The van der Waals surface area contributed by atoms with Gasteiger partial charge in [-0.2, -0.15) is 0 Å². The number of nitrogens with zero attached hydrogens (tertiary/aromatic N) is 3. The van der Waals surface area contributed by atoms with Crippen LogP contribution < -0.4 is 14.4 Å². The van der Waals surface area contributed by atoms with Crippen molar-refractivity contribution in [1.29, 1.82) is 0 Å². The van der Waals surface area contributed by atoms with Crippen molar-refractivity contribution >= 4 is 45.7 Å². The first-order chi connectivity index (χ1) is 21.4. The minimum atomic E-state index is -0.919. The van der Waals surface area contributed by atoms with Crippen molar-refractivity contribution in [3.05, 3.63) is 101 Å². The maximum Gasteiger partial charge on any atom is 0.301 e. The molecule has 1 fully saturated rings. The number of rotatable bonds is 11. The van der Waals surface area contributed by atoms with Crippen molar-refractivity contribution in [2.75, 3.05) is 11.5 Å². The second-order valence-electron chi connectivity index (χ2n) is 10.9. The minimum absolute atomic E-state index is 0.00117. The van der Waals surface area contributed by atoms with Gasteiger partial charge in [-0.3, -0.25) is 14.5 Å². The van der Waals surface area contributed by atoms with Gasteiger partial charge in [0.1, 0.15) is 23.4 Å². The lowest BCUT2D eigenvalue weighted by Crippen LogP contribution is -2.29. The third-order valence-electron chi connectivity index (χ3n) is 7.61. The van der Waals surface area contributed by atoms with E-state index in [-0.39, 0.29) is 22.6 Å². The van der Waals surface area contributed by atoms with Gasteiger partial charge in [-0.25, -0.2) is 0 Å². The summed E-state index contributed by atoms with van der Waals surface area (Å²) in [6.45, 7) is 4.68. The molecule has 0 unspecified atom stereocenters. The van der Waals surface area contributed by atoms with Gasteiger partial charge in [0.25, 0.3) is 5.78 Å². The van der Waals surface area contributed by atoms with Crippen LogP contribution in [0.15, 0.2) is 82.7 Å². The Morgan fingerprint density at radius 1 is 1.07 bits per heavy atom. The van der Waals surface area contributed by atoms with E-state index in [1.807, 2.05) is 67.6 Å². The summed E-state index contributed by atoms with van der Waals surface area (Å²) in [7, 11) is 0. The number of fused-ring (bicyclic) bond motifs is 1. The smallest absolute Gasteiger partial charge is 0.301 e. The number of aromatic nitrogens is 2. The van der Waals surface area contributed by atoms with Crippen molar-refractivity contribution in [2.24, 2.45) is 0 Å². The molecular weight excluding hydrogens is 595 g/mol. The fraction of sp³-hybridized carbons (Fsp3) is 0.294. The number of anilines is 1. The van der Waals surface area contributed by atoms with Crippen LogP contribution in [0, 0.1) is 0 Å². The SMILES string of the molecule is CCCCCOc1cccc([C@@H]2/C(=C(\O)c3ccc4c(c3)C[C@@H](C)O4)C(=O)C(=O)N2c2nnc(SCc3ccccc3)s2)c1. The lowest BCUT2D eigenvalue weighted by atomic mass is 9.94. The Balaban J connectivity index is 1.38. The van der Waals surface area contributed by atoms with Crippen LogP contribution in [0.5, 0.6) is 11.5 Å². The summed E-state index contributed by atoms with van der Waals surface area (Å²) in [5.41, 5.74) is 3.16. The van der Waals surface area contributed by atoms with E-state index in [9.17, 15) is 14.7 Å². The van der Waals surface area contributed by atoms with Crippen LogP contribution in [0.1, 0.15) is 61.4 Å². The molecule has 0 bridgehead atoms. The number of carbonyl (C=O) groups is 2. The van der Waals surface area contributed by atoms with Gasteiger partial charge >= 0.3 is 5.91 Å². The van der Waals surface area contributed by atoms with Crippen LogP contribution in [0.2, 0.25) is 0 Å². The highest BCUT2D eigenvalue weighted by Crippen LogP contribution is 2.45. The molecular formula is C34H33N3O5S2. The molecule has 3 heterocycles. The summed E-state index contributed by atoms with van der Waals surface area (Å²) < 4.78 is 12.5. The maximum absolute atomic E-state index is 13.7. The first-order valence-electron chi connectivity index (χ1n) is 14.8. The van der Waals surface area contributed by atoms with E-state index in [0.717, 1.165) is 36.1 Å². The molecule has 0 aliphatic carbocycles. The third-order valence-corrected chi connectivity index (χ3v) is 9.74. The standard InChI is InChI=1S/C34H33N3O5S2/c1-3-4-8-16-41-26-13-9-12-23(19-26)29-28(30(38)24-14-15-27-25(18-24)17-21(2)42-27)31(39)32(40)37(29)33-35-36-34(44-33)43-20-22-10-6-5-7-11-22/h5-7,9-15,18-19,21,29,38H,3-4,8,16-17,20H2,1-2H3/b30-28+/t21-,29-/m1/s1. The van der Waals surface area contributed by atoms with Gasteiger partial charge in [0.15, 0.2) is 4.34 Å². The van der Waals surface area contributed by atoms with Crippen molar-refractivity contribution in [3.8, 4) is 11.5 Å². The normalized spacial score (nSPS) is 18.8. The van der Waals surface area contributed by atoms with Gasteiger partial charge in [-0.1, -0.05) is 85.3 Å². The van der Waals surface area contributed by atoms with Crippen LogP contribution in [0.3, 0.4) is 0 Å². The Hall–Kier alpha value is -4.15. The number of thioether (sulfide) groups is 1. The number of benzene rings is 3. The zero-order valence-corrected chi connectivity index (χ0v) is 26.2. The Bertz CT molecular complexity index is 1700. The molecule has 226 valence electrons. The molecule has 3 aromatic carbocycles. The van der Waals surface area contributed by atoms with Gasteiger partial charge in [-0.15, -0.1) is 10.2 Å². The molecule has 44 heavy (non-hydrogen) atoms. The van der Waals surface area contributed by atoms with E-state index < -0.39 is 17.7 Å². The van der Waals surface area contributed by atoms with Gasteiger partial charge < -0.3 is 14.6 Å². The number of hydrogen-bond acceptors (Lipinski definition) is 9. The molecule has 6 rings (SSSR count). The van der Waals surface area contributed by atoms with Crippen LogP contribution in [0.25, 0.3) is 5.76 Å². The van der Waals surface area contributed by atoms with E-state index in [1.54, 1.807) is 12.1 Å². The monoisotopic (exact) mass is 627 g/mol. The minimum Gasteiger partial charge on any atom is -0.507 e. The molecule has 4 aromatic rings. The number of hydrogen-bond donors (Lipinski definition) is 1. The summed E-state index contributed by atoms with van der Waals surface area (Å²) in [4.78, 5) is 28.8. The number of Topliss-reactive ketones (excluding diaryl/α,β-unsaturated/α-hetero) is 1. The van der Waals surface area contributed by atoms with Crippen molar-refractivity contribution in [3.63, 3.8) is 0 Å². The van der Waals surface area contributed by atoms with Gasteiger partial charge in [-0.05, 0) is 60.4 Å². The van der Waals surface area contributed by atoms with E-state index in [1.165, 1.54) is 28.0 Å². The Labute approximate surface area is 264 Å². The number of carbonyl (C=O) groups excluding carboxylic acids is 2. The molecule has 2 atom stereocenters. The Morgan fingerprint density at radius 3 is 2.73 bits per heavy atom. The van der Waals surface area contributed by atoms with E-state index in [0.29, 0.717) is 40.0 Å². The molecule has 1 amide bonds. The first kappa shape index (κ1) is 29.9. The zero-order valence-electron chi connectivity index (χ0n) is 24.6. The summed E-state index contributed by atoms with van der Waals surface area (Å²) in [5.74, 6) is 0.295. The molecule has 8 nitrogen and oxygen atoms in total. The van der Waals surface area contributed by atoms with Crippen LogP contribution in [-0.4, -0.2) is 39.7 Å². The number of amides is 1. The number of ether oxygens (including phenoxy) is 2. The van der Waals surface area contributed by atoms with Crippen molar-refractivity contribution in [1.82, 2.24) is 10.2 Å². The first-order valence-corrected chi connectivity index (χ1v) is 16.6. The van der Waals surface area contributed by atoms with Gasteiger partial charge in [0, 0.05) is 17.7 Å². The molecule has 10 heteroatoms. The lowest BCUT2D eigenvalue weighted by molar-refractivity contribution is -0.132. The van der Waals surface area contributed by atoms with Crippen molar-refractivity contribution in [2.45, 2.75) is 61.8 Å². The largest absolute Gasteiger partial charge is 0.507 e. The maximum atomic E-state index is 13.7. The Morgan fingerprint density at radius 2 is 1.91 bits per heavy atom. The second kappa shape index (κ2) is 13.2. The highest BCUT2D eigenvalue weighted by molar-refractivity contribution is 8.00. The molecule has 1 N–H and O–H groups in total. The van der Waals surface area contributed by atoms with Crippen molar-refractivity contribution < 1.29 is 24.2 Å². The van der Waals surface area contributed by atoms with E-state index in [2.05, 4.69) is 17.1 Å². The summed E-state index contributed by atoms with van der Waals surface area (Å²) in [6.07, 6.45) is 3.79. The average Bonchev–Trinajstić information content (AvgIpc) is 3.73. The average molecular weight is 628 g/mol. The van der Waals surface area contributed by atoms with Crippen LogP contribution in [-0.2, 0) is 21.8 Å². The van der Waals surface area contributed by atoms with Crippen LogP contribution in [0.4, 0.5) is 5.13 Å². The molecule has 2 aliphatic heterocycles. The molecule has 0 spiro atoms.